The van der Waals surface area contributed by atoms with Crippen LogP contribution in [0.2, 0.25) is 0 Å². The first-order valence-electron chi connectivity index (χ1n) is 12.0. The Bertz CT molecular complexity index is 1300. The third-order valence-electron chi connectivity index (χ3n) is 6.07. The van der Waals surface area contributed by atoms with Gasteiger partial charge in [0.2, 0.25) is 5.91 Å². The van der Waals surface area contributed by atoms with Crippen LogP contribution in [0.15, 0.2) is 84.2 Å². The van der Waals surface area contributed by atoms with Gasteiger partial charge in [-0.2, -0.15) is 0 Å². The zero-order valence-corrected chi connectivity index (χ0v) is 21.4. The molecule has 0 N–H and O–H groups in total. The second kappa shape index (κ2) is 11.3. The van der Waals surface area contributed by atoms with E-state index in [0.717, 1.165) is 16.3 Å². The fourth-order valence-corrected chi connectivity index (χ4v) is 5.12. The molecule has 1 aromatic heterocycles. The Hall–Kier alpha value is -3.44. The largest absolute Gasteiger partial charge is 0.332 e. The van der Waals surface area contributed by atoms with Crippen LogP contribution < -0.4 is 0 Å². The third-order valence-corrected chi connectivity index (χ3v) is 7.07. The summed E-state index contributed by atoms with van der Waals surface area (Å²) in [6.45, 7) is 7.85. The topological polar surface area (TPSA) is 40.6 Å². The molecule has 5 heteroatoms. The van der Waals surface area contributed by atoms with Crippen LogP contribution >= 0.6 is 11.3 Å². The van der Waals surface area contributed by atoms with Crippen LogP contribution in [0.3, 0.4) is 0 Å². The predicted octanol–water partition coefficient (Wildman–Crippen LogP) is 6.54. The zero-order chi connectivity index (χ0) is 24.8. The molecule has 4 aromatic rings. The number of amides is 2. The van der Waals surface area contributed by atoms with Gasteiger partial charge in [-0.3, -0.25) is 9.59 Å². The summed E-state index contributed by atoms with van der Waals surface area (Å²) in [5, 5.41) is 4.17. The van der Waals surface area contributed by atoms with Gasteiger partial charge in [-0.25, -0.2) is 0 Å². The van der Waals surface area contributed by atoms with E-state index in [1.165, 1.54) is 10.4 Å². The van der Waals surface area contributed by atoms with Gasteiger partial charge < -0.3 is 9.80 Å². The molecule has 0 aliphatic rings. The normalized spacial score (nSPS) is 11.1. The molecule has 1 heterocycles. The van der Waals surface area contributed by atoms with Gasteiger partial charge in [0.15, 0.2) is 0 Å². The van der Waals surface area contributed by atoms with Crippen LogP contribution in [-0.2, 0) is 17.9 Å². The molecule has 0 spiro atoms. The van der Waals surface area contributed by atoms with Crippen molar-refractivity contribution >= 4 is 33.9 Å². The Labute approximate surface area is 211 Å². The average Bonchev–Trinajstić information content (AvgIpc) is 3.27. The highest BCUT2D eigenvalue weighted by Gasteiger charge is 2.24. The molecule has 4 rings (SSSR count). The van der Waals surface area contributed by atoms with Gasteiger partial charge in [0.05, 0.1) is 6.54 Å². The van der Waals surface area contributed by atoms with Gasteiger partial charge in [0.25, 0.3) is 5.91 Å². The van der Waals surface area contributed by atoms with Gasteiger partial charge in [-0.1, -0.05) is 74.5 Å². The monoisotopic (exact) mass is 484 g/mol. The van der Waals surface area contributed by atoms with Crippen LogP contribution in [0.25, 0.3) is 10.8 Å². The lowest BCUT2D eigenvalue weighted by atomic mass is 10.1. The van der Waals surface area contributed by atoms with E-state index in [4.69, 9.17) is 0 Å². The SMILES string of the molecule is Cc1ccsc1CN(Cc1ccccc1)C(=O)CN(CC(C)C)C(=O)c1ccc2ccccc2c1. The van der Waals surface area contributed by atoms with Crippen molar-refractivity contribution in [3.63, 3.8) is 0 Å². The van der Waals surface area contributed by atoms with E-state index in [1.54, 1.807) is 16.2 Å². The summed E-state index contributed by atoms with van der Waals surface area (Å²) >= 11 is 1.67. The van der Waals surface area contributed by atoms with Crippen molar-refractivity contribution in [3.05, 3.63) is 106 Å². The molecule has 0 saturated heterocycles. The highest BCUT2D eigenvalue weighted by molar-refractivity contribution is 7.10. The number of benzene rings is 3. The minimum absolute atomic E-state index is 0.0450. The number of thiophene rings is 1. The molecule has 0 aliphatic carbocycles. The lowest BCUT2D eigenvalue weighted by Gasteiger charge is -2.29. The van der Waals surface area contributed by atoms with E-state index in [0.29, 0.717) is 25.2 Å². The summed E-state index contributed by atoms with van der Waals surface area (Å²) in [4.78, 5) is 32.0. The van der Waals surface area contributed by atoms with Gasteiger partial charge >= 0.3 is 0 Å². The highest BCUT2D eigenvalue weighted by atomic mass is 32.1. The Morgan fingerprint density at radius 1 is 0.829 bits per heavy atom. The molecule has 3 aromatic carbocycles. The number of carbonyl (C=O) groups excluding carboxylic acids is 2. The van der Waals surface area contributed by atoms with Crippen LogP contribution in [-0.4, -0.2) is 34.7 Å². The fraction of sp³-hybridized carbons (Fsp3) is 0.267. The molecule has 0 aliphatic heterocycles. The molecule has 0 fully saturated rings. The maximum atomic E-state index is 13.7. The smallest absolute Gasteiger partial charge is 0.254 e. The first kappa shape index (κ1) is 24.7. The first-order chi connectivity index (χ1) is 16.9. The van der Waals surface area contributed by atoms with E-state index in [9.17, 15) is 9.59 Å². The molecule has 180 valence electrons. The number of fused-ring (bicyclic) bond motifs is 1. The van der Waals surface area contributed by atoms with Crippen molar-refractivity contribution in [3.8, 4) is 0 Å². The van der Waals surface area contributed by atoms with Crippen LogP contribution in [0.1, 0.15) is 40.2 Å². The lowest BCUT2D eigenvalue weighted by molar-refractivity contribution is -0.133. The molecule has 0 bridgehead atoms. The number of hydrogen-bond donors (Lipinski definition) is 0. The van der Waals surface area contributed by atoms with Gasteiger partial charge in [0, 0.05) is 23.5 Å². The van der Waals surface area contributed by atoms with E-state index in [1.807, 2.05) is 77.7 Å². The van der Waals surface area contributed by atoms with Crippen LogP contribution in [0, 0.1) is 12.8 Å². The Morgan fingerprint density at radius 2 is 1.54 bits per heavy atom. The maximum Gasteiger partial charge on any atom is 0.254 e. The summed E-state index contributed by atoms with van der Waals surface area (Å²) in [6.07, 6.45) is 0. The minimum atomic E-state index is -0.107. The molecule has 0 unspecified atom stereocenters. The average molecular weight is 485 g/mol. The fourth-order valence-electron chi connectivity index (χ4n) is 4.20. The van der Waals surface area contributed by atoms with Crippen molar-refractivity contribution in [2.75, 3.05) is 13.1 Å². The molecular formula is C30H32N2O2S. The van der Waals surface area contributed by atoms with Crippen molar-refractivity contribution < 1.29 is 9.59 Å². The second-order valence-electron chi connectivity index (χ2n) is 9.40. The molecule has 0 saturated carbocycles. The van der Waals surface area contributed by atoms with Crippen molar-refractivity contribution in [2.45, 2.75) is 33.9 Å². The summed E-state index contributed by atoms with van der Waals surface area (Å²) in [5.41, 5.74) is 2.87. The standard InChI is InChI=1S/C30H32N2O2S/c1-22(2)18-32(30(34)27-14-13-25-11-7-8-12-26(25)17-27)21-29(33)31(19-24-9-5-4-6-10-24)20-28-23(3)15-16-35-28/h4-17,22H,18-21H2,1-3H3. The predicted molar refractivity (Wildman–Crippen MR) is 144 cm³/mol. The van der Waals surface area contributed by atoms with E-state index in [2.05, 4.69) is 32.2 Å². The van der Waals surface area contributed by atoms with Crippen LogP contribution in [0.4, 0.5) is 0 Å². The Kier molecular flexibility index (Phi) is 7.98. The number of aryl methyl sites for hydroxylation is 1. The summed E-state index contributed by atoms with van der Waals surface area (Å²) < 4.78 is 0. The van der Waals surface area contributed by atoms with Crippen LogP contribution in [0.5, 0.6) is 0 Å². The van der Waals surface area contributed by atoms with Crippen molar-refractivity contribution in [2.24, 2.45) is 5.92 Å². The molecule has 0 atom stereocenters. The summed E-state index contributed by atoms with van der Waals surface area (Å²) in [5.74, 6) is 0.0931. The van der Waals surface area contributed by atoms with Gasteiger partial charge in [0.1, 0.15) is 6.54 Å². The zero-order valence-electron chi connectivity index (χ0n) is 20.6. The molecular weight excluding hydrogens is 452 g/mol. The second-order valence-corrected chi connectivity index (χ2v) is 10.4. The summed E-state index contributed by atoms with van der Waals surface area (Å²) in [6, 6.07) is 25.9. The van der Waals surface area contributed by atoms with Crippen molar-refractivity contribution in [1.29, 1.82) is 0 Å². The molecule has 0 radical (unpaired) electrons. The number of carbonyl (C=O) groups is 2. The Morgan fingerprint density at radius 3 is 2.23 bits per heavy atom. The molecule has 4 nitrogen and oxygen atoms in total. The molecule has 2 amide bonds. The van der Waals surface area contributed by atoms with E-state index in [-0.39, 0.29) is 24.3 Å². The quantitative estimate of drug-likeness (QED) is 0.271. The highest BCUT2D eigenvalue weighted by Crippen LogP contribution is 2.21. The number of hydrogen-bond acceptors (Lipinski definition) is 3. The molecule has 35 heavy (non-hydrogen) atoms. The number of nitrogens with zero attached hydrogens (tertiary/aromatic N) is 2. The van der Waals surface area contributed by atoms with Gasteiger partial charge in [-0.15, -0.1) is 11.3 Å². The first-order valence-corrected chi connectivity index (χ1v) is 12.9. The van der Waals surface area contributed by atoms with Gasteiger partial charge in [-0.05, 0) is 58.3 Å². The van der Waals surface area contributed by atoms with Crippen molar-refractivity contribution in [1.82, 2.24) is 9.80 Å². The minimum Gasteiger partial charge on any atom is -0.332 e. The lowest BCUT2D eigenvalue weighted by Crippen LogP contribution is -2.43. The maximum absolute atomic E-state index is 13.7. The summed E-state index contributed by atoms with van der Waals surface area (Å²) in [7, 11) is 0. The van der Waals surface area contributed by atoms with E-state index < -0.39 is 0 Å². The van der Waals surface area contributed by atoms with E-state index >= 15 is 0 Å². The number of rotatable bonds is 9. The third kappa shape index (κ3) is 6.37. The Balaban J connectivity index is 1.58.